The third kappa shape index (κ3) is 5.01. The Morgan fingerprint density at radius 2 is 2.00 bits per heavy atom. The Bertz CT molecular complexity index is 1130. The van der Waals surface area contributed by atoms with Crippen molar-refractivity contribution >= 4 is 32.9 Å². The predicted octanol–water partition coefficient (Wildman–Crippen LogP) is 2.77. The van der Waals surface area contributed by atoms with Gasteiger partial charge in [0.2, 0.25) is 0 Å². The molecule has 1 aliphatic heterocycles. The molecule has 2 N–H and O–H groups in total. The van der Waals surface area contributed by atoms with Crippen molar-refractivity contribution < 1.29 is 14.3 Å². The number of amides is 1. The van der Waals surface area contributed by atoms with Gasteiger partial charge in [0.25, 0.3) is 5.56 Å². The molecule has 1 aromatic heterocycles. The highest BCUT2D eigenvalue weighted by molar-refractivity contribution is 9.10. The SMILES string of the molecule is CC(C)(C)OC(=O)N1CCNCC1CCOc1cc(Br)cc2c1c(=O)[nH]c(=O)n2C1CC1. The number of aromatic nitrogens is 2. The molecule has 4 rings (SSSR count). The van der Waals surface area contributed by atoms with Crippen molar-refractivity contribution in [3.8, 4) is 5.75 Å². The van der Waals surface area contributed by atoms with Crippen LogP contribution in [0.25, 0.3) is 10.9 Å². The van der Waals surface area contributed by atoms with Gasteiger partial charge in [0.1, 0.15) is 16.7 Å². The summed E-state index contributed by atoms with van der Waals surface area (Å²) in [5.41, 5.74) is -0.842. The minimum Gasteiger partial charge on any atom is -0.493 e. The van der Waals surface area contributed by atoms with Crippen molar-refractivity contribution in [2.75, 3.05) is 26.2 Å². The normalized spacial score (nSPS) is 19.2. The summed E-state index contributed by atoms with van der Waals surface area (Å²) < 4.78 is 14.0. The van der Waals surface area contributed by atoms with Crippen molar-refractivity contribution in [1.29, 1.82) is 0 Å². The summed E-state index contributed by atoms with van der Waals surface area (Å²) in [5, 5.41) is 3.67. The molecule has 2 aromatic rings. The second-order valence-corrected chi connectivity index (χ2v) is 10.2. The Kier molecular flexibility index (Phi) is 6.35. The molecule has 174 valence electrons. The van der Waals surface area contributed by atoms with Crippen LogP contribution in [0.1, 0.15) is 46.1 Å². The topological polar surface area (TPSA) is 106 Å². The number of nitrogens with one attached hydrogen (secondary N) is 2. The minimum absolute atomic E-state index is 0.0834. The summed E-state index contributed by atoms with van der Waals surface area (Å²) in [5.74, 6) is 0.414. The van der Waals surface area contributed by atoms with Crippen molar-refractivity contribution in [3.63, 3.8) is 0 Å². The van der Waals surface area contributed by atoms with Gasteiger partial charge in [-0.15, -0.1) is 0 Å². The molecular weight excluding hydrogens is 480 g/mol. The summed E-state index contributed by atoms with van der Waals surface area (Å²) in [4.78, 5) is 41.8. The van der Waals surface area contributed by atoms with Crippen LogP contribution >= 0.6 is 15.9 Å². The molecule has 0 spiro atoms. The lowest BCUT2D eigenvalue weighted by molar-refractivity contribution is 0.00986. The summed E-state index contributed by atoms with van der Waals surface area (Å²) >= 11 is 3.47. The number of H-pyrrole nitrogens is 1. The van der Waals surface area contributed by atoms with Gasteiger partial charge >= 0.3 is 11.8 Å². The van der Waals surface area contributed by atoms with Crippen LogP contribution in [-0.4, -0.2) is 58.4 Å². The van der Waals surface area contributed by atoms with E-state index in [1.165, 1.54) is 0 Å². The summed E-state index contributed by atoms with van der Waals surface area (Å²) in [6, 6.07) is 3.55. The number of ether oxygens (including phenoxy) is 2. The molecule has 1 unspecified atom stereocenters. The van der Waals surface area contributed by atoms with Gasteiger partial charge in [-0.1, -0.05) is 15.9 Å². The minimum atomic E-state index is -0.559. The van der Waals surface area contributed by atoms with Crippen molar-refractivity contribution in [1.82, 2.24) is 19.8 Å². The highest BCUT2D eigenvalue weighted by atomic mass is 79.9. The largest absolute Gasteiger partial charge is 0.493 e. The lowest BCUT2D eigenvalue weighted by atomic mass is 10.1. The molecule has 1 aliphatic carbocycles. The van der Waals surface area contributed by atoms with E-state index >= 15 is 0 Å². The van der Waals surface area contributed by atoms with Crippen molar-refractivity contribution in [2.24, 2.45) is 0 Å². The molecule has 1 saturated heterocycles. The van der Waals surface area contributed by atoms with E-state index in [9.17, 15) is 14.4 Å². The fourth-order valence-corrected chi connectivity index (χ4v) is 4.43. The molecular formula is C22H29BrN4O5. The molecule has 32 heavy (non-hydrogen) atoms. The molecule has 1 atom stereocenters. The third-order valence-electron chi connectivity index (χ3n) is 5.57. The van der Waals surface area contributed by atoms with E-state index in [1.807, 2.05) is 20.8 Å². The van der Waals surface area contributed by atoms with E-state index in [0.717, 1.165) is 17.3 Å². The number of rotatable bonds is 5. The smallest absolute Gasteiger partial charge is 0.410 e. The maximum atomic E-state index is 12.6. The second kappa shape index (κ2) is 8.90. The molecule has 2 fully saturated rings. The van der Waals surface area contributed by atoms with Gasteiger partial charge in [-0.3, -0.25) is 14.3 Å². The second-order valence-electron chi connectivity index (χ2n) is 9.33. The Labute approximate surface area is 194 Å². The Morgan fingerprint density at radius 3 is 2.69 bits per heavy atom. The molecule has 1 amide bonds. The van der Waals surface area contributed by atoms with Crippen LogP contribution in [-0.2, 0) is 4.74 Å². The molecule has 0 radical (unpaired) electrons. The van der Waals surface area contributed by atoms with E-state index < -0.39 is 16.9 Å². The number of carbonyl (C=O) groups excluding carboxylic acids is 1. The van der Waals surface area contributed by atoms with E-state index in [0.29, 0.717) is 49.3 Å². The number of hydrogen-bond donors (Lipinski definition) is 2. The number of fused-ring (bicyclic) bond motifs is 1. The number of benzene rings is 1. The Balaban J connectivity index is 1.53. The molecule has 0 bridgehead atoms. The van der Waals surface area contributed by atoms with Gasteiger partial charge in [-0.2, -0.15) is 0 Å². The van der Waals surface area contributed by atoms with Crippen LogP contribution in [0.15, 0.2) is 26.2 Å². The first kappa shape index (κ1) is 22.8. The molecule has 2 heterocycles. The predicted molar refractivity (Wildman–Crippen MR) is 125 cm³/mol. The molecule has 1 aromatic carbocycles. The van der Waals surface area contributed by atoms with E-state index in [-0.39, 0.29) is 18.2 Å². The van der Waals surface area contributed by atoms with Crippen LogP contribution in [0.2, 0.25) is 0 Å². The third-order valence-corrected chi connectivity index (χ3v) is 6.03. The molecule has 1 saturated carbocycles. The van der Waals surface area contributed by atoms with Crippen LogP contribution in [0.5, 0.6) is 5.75 Å². The van der Waals surface area contributed by atoms with E-state index in [4.69, 9.17) is 9.47 Å². The fourth-order valence-electron chi connectivity index (χ4n) is 4.01. The fraction of sp³-hybridized carbons (Fsp3) is 0.591. The lowest BCUT2D eigenvalue weighted by Gasteiger charge is -2.37. The molecule has 2 aliphatic rings. The zero-order valence-electron chi connectivity index (χ0n) is 18.6. The number of nitrogens with zero attached hydrogens (tertiary/aromatic N) is 2. The molecule has 9 nitrogen and oxygen atoms in total. The van der Waals surface area contributed by atoms with Crippen LogP contribution in [0.4, 0.5) is 4.79 Å². The van der Waals surface area contributed by atoms with Crippen LogP contribution < -0.4 is 21.3 Å². The van der Waals surface area contributed by atoms with E-state index in [1.54, 1.807) is 21.6 Å². The average molecular weight is 509 g/mol. The average Bonchev–Trinajstić information content (AvgIpc) is 3.51. The number of hydrogen-bond acceptors (Lipinski definition) is 6. The summed E-state index contributed by atoms with van der Waals surface area (Å²) in [6.07, 6.45) is 2.07. The quantitative estimate of drug-likeness (QED) is 0.643. The van der Waals surface area contributed by atoms with Crippen LogP contribution in [0.3, 0.4) is 0 Å². The first-order valence-electron chi connectivity index (χ1n) is 11.0. The monoisotopic (exact) mass is 508 g/mol. The van der Waals surface area contributed by atoms with Gasteiger partial charge in [0.05, 0.1) is 18.2 Å². The number of halogens is 1. The zero-order valence-corrected chi connectivity index (χ0v) is 20.2. The zero-order chi connectivity index (χ0) is 23.0. The maximum absolute atomic E-state index is 12.6. The van der Waals surface area contributed by atoms with E-state index in [2.05, 4.69) is 26.2 Å². The van der Waals surface area contributed by atoms with Gasteiger partial charge in [-0.05, 0) is 45.7 Å². The Hall–Kier alpha value is -2.33. The highest BCUT2D eigenvalue weighted by Crippen LogP contribution is 2.37. The standard InChI is InChI=1S/C22H29BrN4O5/c1-22(2,3)32-21(30)26-8-7-24-12-15(26)6-9-31-17-11-13(23)10-16-18(17)19(28)25-20(29)27(16)14-4-5-14/h10-11,14-15,24H,4-9,12H2,1-3H3,(H,25,28,29). The van der Waals surface area contributed by atoms with Gasteiger partial charge in [0.15, 0.2) is 0 Å². The number of aromatic amines is 1. The Morgan fingerprint density at radius 1 is 1.25 bits per heavy atom. The highest BCUT2D eigenvalue weighted by Gasteiger charge is 2.31. The van der Waals surface area contributed by atoms with Crippen molar-refractivity contribution in [3.05, 3.63) is 37.4 Å². The molecule has 10 heteroatoms. The first-order chi connectivity index (χ1) is 15.1. The van der Waals surface area contributed by atoms with Gasteiger partial charge in [0, 0.05) is 36.6 Å². The van der Waals surface area contributed by atoms with Crippen molar-refractivity contribution in [2.45, 2.75) is 57.7 Å². The number of carbonyl (C=O) groups is 1. The lowest BCUT2D eigenvalue weighted by Crippen LogP contribution is -2.55. The summed E-state index contributed by atoms with van der Waals surface area (Å²) in [7, 11) is 0. The van der Waals surface area contributed by atoms with Gasteiger partial charge < -0.3 is 19.7 Å². The first-order valence-corrected chi connectivity index (χ1v) is 11.7. The maximum Gasteiger partial charge on any atom is 0.410 e. The summed E-state index contributed by atoms with van der Waals surface area (Å²) in [6.45, 7) is 7.77. The van der Waals surface area contributed by atoms with Gasteiger partial charge in [-0.25, -0.2) is 9.59 Å². The number of piperazine rings is 1. The van der Waals surface area contributed by atoms with Crippen LogP contribution in [0, 0.1) is 0 Å².